The molecule has 1 saturated heterocycles. The highest BCUT2D eigenvalue weighted by Gasteiger charge is 2.39. The van der Waals surface area contributed by atoms with Gasteiger partial charge in [0.05, 0.1) is 33.4 Å². The molecule has 1 aromatic rings. The highest BCUT2D eigenvalue weighted by atomic mass is 16.5. The van der Waals surface area contributed by atoms with Crippen LogP contribution in [0.3, 0.4) is 0 Å². The van der Waals surface area contributed by atoms with Gasteiger partial charge in [-0.2, -0.15) is 0 Å². The van der Waals surface area contributed by atoms with Gasteiger partial charge in [0.15, 0.2) is 11.5 Å². The summed E-state index contributed by atoms with van der Waals surface area (Å²) in [5, 5.41) is 6.32. The Morgan fingerprint density at radius 1 is 1.04 bits per heavy atom. The average Bonchev–Trinajstić information content (AvgIpc) is 2.66. The van der Waals surface area contributed by atoms with Gasteiger partial charge in [-0.05, 0) is 32.0 Å². The van der Waals surface area contributed by atoms with Crippen molar-refractivity contribution in [3.8, 4) is 17.2 Å². The minimum atomic E-state index is -0.482. The number of hydrogen-bond donors (Lipinski definition) is 2. The molecule has 0 spiro atoms. The third kappa shape index (κ3) is 4.35. The van der Waals surface area contributed by atoms with Gasteiger partial charge in [-0.25, -0.2) is 0 Å². The number of carbonyl (C=O) groups is 1. The minimum Gasteiger partial charge on any atom is -0.496 e. The van der Waals surface area contributed by atoms with Crippen LogP contribution in [-0.4, -0.2) is 54.0 Å². The van der Waals surface area contributed by atoms with Crippen molar-refractivity contribution < 1.29 is 23.7 Å². The van der Waals surface area contributed by atoms with Crippen molar-refractivity contribution in [3.63, 3.8) is 0 Å². The van der Waals surface area contributed by atoms with Crippen molar-refractivity contribution in [1.29, 1.82) is 0 Å². The second kappa shape index (κ2) is 8.92. The lowest BCUT2D eigenvalue weighted by molar-refractivity contribution is -0.136. The summed E-state index contributed by atoms with van der Waals surface area (Å²) in [6, 6.07) is 3.58. The smallest absolute Gasteiger partial charge is 0.228 e. The summed E-state index contributed by atoms with van der Waals surface area (Å²) >= 11 is 0. The molecule has 0 aliphatic carbocycles. The lowest BCUT2D eigenvalue weighted by Crippen LogP contribution is -2.50. The Morgan fingerprint density at radius 2 is 1.64 bits per heavy atom. The second-order valence-electron chi connectivity index (χ2n) is 6.17. The molecular formula is C18H28N2O5. The van der Waals surface area contributed by atoms with Gasteiger partial charge in [-0.1, -0.05) is 0 Å². The van der Waals surface area contributed by atoms with Crippen LogP contribution in [0.15, 0.2) is 12.1 Å². The van der Waals surface area contributed by atoms with E-state index in [0.717, 1.165) is 31.5 Å². The van der Waals surface area contributed by atoms with E-state index in [4.69, 9.17) is 18.9 Å². The zero-order chi connectivity index (χ0) is 18.3. The van der Waals surface area contributed by atoms with Crippen LogP contribution in [-0.2, 0) is 16.1 Å². The fourth-order valence-corrected chi connectivity index (χ4v) is 3.21. The van der Waals surface area contributed by atoms with E-state index in [1.807, 2.05) is 6.07 Å². The van der Waals surface area contributed by atoms with E-state index in [-0.39, 0.29) is 5.91 Å². The Labute approximate surface area is 149 Å². The van der Waals surface area contributed by atoms with Gasteiger partial charge in [-0.3, -0.25) is 4.79 Å². The van der Waals surface area contributed by atoms with Crippen molar-refractivity contribution in [1.82, 2.24) is 10.6 Å². The standard InChI is InChI=1S/C18H28N2O5/c1-22-12-18(5-7-19-8-6-18)17(21)20-11-13-9-15(24-3)16(25-4)10-14(13)23-2/h9-10,19H,5-8,11-12H2,1-4H3,(H,20,21). The molecule has 2 rings (SSSR count). The fraction of sp³-hybridized carbons (Fsp3) is 0.611. The average molecular weight is 352 g/mol. The predicted molar refractivity (Wildman–Crippen MR) is 94.4 cm³/mol. The van der Waals surface area contributed by atoms with Gasteiger partial charge in [0.1, 0.15) is 5.75 Å². The molecule has 1 fully saturated rings. The zero-order valence-electron chi connectivity index (χ0n) is 15.4. The quantitative estimate of drug-likeness (QED) is 0.735. The van der Waals surface area contributed by atoms with E-state index in [9.17, 15) is 4.79 Å². The van der Waals surface area contributed by atoms with Gasteiger partial charge in [0.2, 0.25) is 5.91 Å². The number of piperidine rings is 1. The van der Waals surface area contributed by atoms with Crippen LogP contribution >= 0.6 is 0 Å². The number of carbonyl (C=O) groups excluding carboxylic acids is 1. The maximum atomic E-state index is 12.8. The van der Waals surface area contributed by atoms with Crippen LogP contribution in [0, 0.1) is 5.41 Å². The molecule has 0 aromatic heterocycles. The van der Waals surface area contributed by atoms with Crippen molar-refractivity contribution in [2.75, 3.05) is 48.1 Å². The van der Waals surface area contributed by atoms with Crippen LogP contribution in [0.1, 0.15) is 18.4 Å². The molecule has 140 valence electrons. The Morgan fingerprint density at radius 3 is 2.20 bits per heavy atom. The molecule has 0 saturated carbocycles. The first-order chi connectivity index (χ1) is 12.1. The molecule has 7 nitrogen and oxygen atoms in total. The maximum absolute atomic E-state index is 12.8. The fourth-order valence-electron chi connectivity index (χ4n) is 3.21. The normalized spacial score (nSPS) is 16.2. The molecule has 1 amide bonds. The molecule has 25 heavy (non-hydrogen) atoms. The van der Waals surface area contributed by atoms with E-state index >= 15 is 0 Å². The summed E-state index contributed by atoms with van der Waals surface area (Å²) in [7, 11) is 6.37. The number of hydrogen-bond acceptors (Lipinski definition) is 6. The first kappa shape index (κ1) is 19.3. The molecule has 1 aliphatic heterocycles. The number of ether oxygens (including phenoxy) is 4. The maximum Gasteiger partial charge on any atom is 0.228 e. The Bertz CT molecular complexity index is 580. The number of nitrogens with one attached hydrogen (secondary N) is 2. The van der Waals surface area contributed by atoms with Crippen molar-refractivity contribution in [3.05, 3.63) is 17.7 Å². The molecule has 1 heterocycles. The monoisotopic (exact) mass is 352 g/mol. The van der Waals surface area contributed by atoms with Crippen molar-refractivity contribution in [2.24, 2.45) is 5.41 Å². The topological polar surface area (TPSA) is 78.1 Å². The lowest BCUT2D eigenvalue weighted by Gasteiger charge is -2.35. The van der Waals surface area contributed by atoms with Crippen LogP contribution in [0.2, 0.25) is 0 Å². The number of benzene rings is 1. The molecule has 1 aliphatic rings. The molecule has 1 aromatic carbocycles. The number of rotatable bonds is 8. The van der Waals surface area contributed by atoms with Gasteiger partial charge < -0.3 is 29.6 Å². The SMILES string of the molecule is COCC1(C(=O)NCc2cc(OC)c(OC)cc2OC)CCNCC1. The van der Waals surface area contributed by atoms with Gasteiger partial charge in [0, 0.05) is 25.3 Å². The van der Waals surface area contributed by atoms with E-state index < -0.39 is 5.41 Å². The molecular weight excluding hydrogens is 324 g/mol. The summed E-state index contributed by atoms with van der Waals surface area (Å²) in [4.78, 5) is 12.8. The molecule has 0 unspecified atom stereocenters. The summed E-state index contributed by atoms with van der Waals surface area (Å²) in [5.74, 6) is 1.83. The summed E-state index contributed by atoms with van der Waals surface area (Å²) in [5.41, 5.74) is 0.346. The Balaban J connectivity index is 2.15. The van der Waals surface area contributed by atoms with E-state index in [0.29, 0.717) is 30.4 Å². The molecule has 0 atom stereocenters. The van der Waals surface area contributed by atoms with Crippen molar-refractivity contribution >= 4 is 5.91 Å². The van der Waals surface area contributed by atoms with Crippen LogP contribution < -0.4 is 24.8 Å². The molecule has 7 heteroatoms. The van der Waals surface area contributed by atoms with Crippen LogP contribution in [0.5, 0.6) is 17.2 Å². The highest BCUT2D eigenvalue weighted by Crippen LogP contribution is 2.35. The Kier molecular flexibility index (Phi) is 6.90. The van der Waals surface area contributed by atoms with Gasteiger partial charge in [-0.15, -0.1) is 0 Å². The third-order valence-electron chi connectivity index (χ3n) is 4.69. The van der Waals surface area contributed by atoms with Crippen LogP contribution in [0.4, 0.5) is 0 Å². The summed E-state index contributed by atoms with van der Waals surface area (Å²) in [6.07, 6.45) is 1.52. The lowest BCUT2D eigenvalue weighted by atomic mass is 9.78. The Hall–Kier alpha value is -1.99. The predicted octanol–water partition coefficient (Wildman–Crippen LogP) is 1.34. The van der Waals surface area contributed by atoms with Gasteiger partial charge >= 0.3 is 0 Å². The van der Waals surface area contributed by atoms with Crippen LogP contribution in [0.25, 0.3) is 0 Å². The van der Waals surface area contributed by atoms with Crippen molar-refractivity contribution in [2.45, 2.75) is 19.4 Å². The number of methoxy groups -OCH3 is 4. The van der Waals surface area contributed by atoms with Gasteiger partial charge in [0.25, 0.3) is 0 Å². The van der Waals surface area contributed by atoms with E-state index in [1.165, 1.54) is 0 Å². The molecule has 2 N–H and O–H groups in total. The van der Waals surface area contributed by atoms with E-state index in [2.05, 4.69) is 10.6 Å². The van der Waals surface area contributed by atoms with E-state index in [1.54, 1.807) is 34.5 Å². The number of amides is 1. The largest absolute Gasteiger partial charge is 0.496 e. The third-order valence-corrected chi connectivity index (χ3v) is 4.69. The molecule has 0 bridgehead atoms. The molecule has 0 radical (unpaired) electrons. The second-order valence-corrected chi connectivity index (χ2v) is 6.17. The highest BCUT2D eigenvalue weighted by molar-refractivity contribution is 5.83. The summed E-state index contributed by atoms with van der Waals surface area (Å²) in [6.45, 7) is 2.40. The summed E-state index contributed by atoms with van der Waals surface area (Å²) < 4.78 is 21.4. The first-order valence-electron chi connectivity index (χ1n) is 8.37. The zero-order valence-corrected chi connectivity index (χ0v) is 15.4. The first-order valence-corrected chi connectivity index (χ1v) is 8.37. The minimum absolute atomic E-state index is 0.00712.